The van der Waals surface area contributed by atoms with Crippen molar-refractivity contribution in [1.82, 2.24) is 0 Å². The summed E-state index contributed by atoms with van der Waals surface area (Å²) in [7, 11) is 3.20. The summed E-state index contributed by atoms with van der Waals surface area (Å²) in [5.41, 5.74) is 7.76. The third kappa shape index (κ3) is 2.78. The van der Waals surface area contributed by atoms with Crippen LogP contribution in [0.15, 0.2) is 35.5 Å². The summed E-state index contributed by atoms with van der Waals surface area (Å²) < 4.78 is 10.4. The molecule has 19 heavy (non-hydrogen) atoms. The molecule has 1 aliphatic carbocycles. The van der Waals surface area contributed by atoms with Crippen molar-refractivity contribution in [3.05, 3.63) is 41.1 Å². The SMILES string of the molecule is COc1cc(/C=C2\CC/C(=C\N)C2=O)cc(OC)c1. The predicted octanol–water partition coefficient (Wildman–Crippen LogP) is 2.29. The van der Waals surface area contributed by atoms with Crippen LogP contribution in [0.4, 0.5) is 0 Å². The molecule has 0 saturated heterocycles. The number of carbonyl (C=O) groups is 1. The Morgan fingerprint density at radius 3 is 2.11 bits per heavy atom. The maximum absolute atomic E-state index is 12.0. The lowest BCUT2D eigenvalue weighted by Gasteiger charge is -2.06. The highest BCUT2D eigenvalue weighted by atomic mass is 16.5. The first-order chi connectivity index (χ1) is 9.17. The zero-order chi connectivity index (χ0) is 13.8. The lowest BCUT2D eigenvalue weighted by Crippen LogP contribution is -1.98. The Morgan fingerprint density at radius 2 is 1.63 bits per heavy atom. The number of Topliss-reactive ketones (excluding diaryl/α,β-unsaturated/α-hetero) is 1. The highest BCUT2D eigenvalue weighted by Gasteiger charge is 2.22. The lowest BCUT2D eigenvalue weighted by molar-refractivity contribution is -0.111. The molecule has 0 aromatic heterocycles. The Bertz CT molecular complexity index is 536. The van der Waals surface area contributed by atoms with Crippen LogP contribution >= 0.6 is 0 Å². The topological polar surface area (TPSA) is 61.5 Å². The third-order valence-corrected chi connectivity index (χ3v) is 3.16. The van der Waals surface area contributed by atoms with Crippen LogP contribution in [0.5, 0.6) is 11.5 Å². The molecular weight excluding hydrogens is 242 g/mol. The number of allylic oxidation sites excluding steroid dienone is 2. The molecule has 0 radical (unpaired) electrons. The maximum atomic E-state index is 12.0. The van der Waals surface area contributed by atoms with Gasteiger partial charge in [0.25, 0.3) is 0 Å². The van der Waals surface area contributed by atoms with Gasteiger partial charge in [0.05, 0.1) is 14.2 Å². The number of rotatable bonds is 3. The standard InChI is InChI=1S/C15H17NO3/c1-18-13-6-10(7-14(8-13)19-2)5-11-3-4-12(9-16)15(11)17/h5-9H,3-4,16H2,1-2H3/b11-5+,12-9+. The number of ketones is 1. The molecule has 0 atom stereocenters. The van der Waals surface area contributed by atoms with Gasteiger partial charge in [-0.05, 0) is 36.6 Å². The fourth-order valence-electron chi connectivity index (χ4n) is 2.11. The van der Waals surface area contributed by atoms with Gasteiger partial charge >= 0.3 is 0 Å². The molecule has 1 fully saturated rings. The summed E-state index contributed by atoms with van der Waals surface area (Å²) in [6, 6.07) is 5.53. The molecule has 0 spiro atoms. The van der Waals surface area contributed by atoms with E-state index in [4.69, 9.17) is 15.2 Å². The largest absolute Gasteiger partial charge is 0.497 e. The van der Waals surface area contributed by atoms with Crippen LogP contribution in [0.3, 0.4) is 0 Å². The van der Waals surface area contributed by atoms with Crippen molar-refractivity contribution in [1.29, 1.82) is 0 Å². The molecule has 1 aromatic carbocycles. The summed E-state index contributed by atoms with van der Waals surface area (Å²) in [5, 5.41) is 0. The van der Waals surface area contributed by atoms with Crippen molar-refractivity contribution in [3.8, 4) is 11.5 Å². The number of hydrogen-bond acceptors (Lipinski definition) is 4. The van der Waals surface area contributed by atoms with E-state index in [0.717, 1.165) is 17.6 Å². The van der Waals surface area contributed by atoms with Crippen molar-refractivity contribution in [2.45, 2.75) is 12.8 Å². The molecule has 0 aliphatic heterocycles. The molecule has 0 heterocycles. The summed E-state index contributed by atoms with van der Waals surface area (Å²) in [5.74, 6) is 1.43. The molecule has 2 N–H and O–H groups in total. The average molecular weight is 259 g/mol. The van der Waals surface area contributed by atoms with Crippen molar-refractivity contribution in [2.75, 3.05) is 14.2 Å². The van der Waals surface area contributed by atoms with Crippen molar-refractivity contribution >= 4 is 11.9 Å². The van der Waals surface area contributed by atoms with E-state index < -0.39 is 0 Å². The highest BCUT2D eigenvalue weighted by molar-refractivity contribution is 6.13. The van der Waals surface area contributed by atoms with Crippen LogP contribution in [0.25, 0.3) is 6.08 Å². The number of benzene rings is 1. The van der Waals surface area contributed by atoms with Crippen LogP contribution < -0.4 is 15.2 Å². The zero-order valence-corrected chi connectivity index (χ0v) is 11.1. The van der Waals surface area contributed by atoms with Crippen LogP contribution in [0, 0.1) is 0 Å². The Morgan fingerprint density at radius 1 is 1.05 bits per heavy atom. The second-order valence-electron chi connectivity index (χ2n) is 4.34. The first kappa shape index (κ1) is 13.2. The second kappa shape index (κ2) is 5.61. The summed E-state index contributed by atoms with van der Waals surface area (Å²) >= 11 is 0. The molecule has 0 unspecified atom stereocenters. The van der Waals surface area contributed by atoms with Gasteiger partial charge in [-0.2, -0.15) is 0 Å². The quantitative estimate of drug-likeness (QED) is 0.846. The fraction of sp³-hybridized carbons (Fsp3) is 0.267. The molecule has 1 aromatic rings. The summed E-state index contributed by atoms with van der Waals surface area (Å²) in [6.45, 7) is 0. The van der Waals surface area contributed by atoms with Gasteiger partial charge in [-0.3, -0.25) is 4.79 Å². The van der Waals surface area contributed by atoms with Gasteiger partial charge in [-0.1, -0.05) is 0 Å². The minimum atomic E-state index is 0.0317. The Labute approximate surface area is 112 Å². The number of ether oxygens (including phenoxy) is 2. The smallest absolute Gasteiger partial charge is 0.186 e. The molecule has 100 valence electrons. The van der Waals surface area contributed by atoms with Crippen molar-refractivity contribution < 1.29 is 14.3 Å². The zero-order valence-electron chi connectivity index (χ0n) is 11.1. The van der Waals surface area contributed by atoms with E-state index in [-0.39, 0.29) is 5.78 Å². The number of hydrogen-bond donors (Lipinski definition) is 1. The van der Waals surface area contributed by atoms with Crippen LogP contribution in [0.2, 0.25) is 0 Å². The maximum Gasteiger partial charge on any atom is 0.186 e. The van der Waals surface area contributed by atoms with Gasteiger partial charge in [-0.25, -0.2) is 0 Å². The molecule has 1 aliphatic rings. The van der Waals surface area contributed by atoms with Crippen molar-refractivity contribution in [2.24, 2.45) is 5.73 Å². The molecule has 4 heteroatoms. The average Bonchev–Trinajstić information content (AvgIpc) is 2.79. The van der Waals surface area contributed by atoms with Gasteiger partial charge in [0.15, 0.2) is 5.78 Å². The first-order valence-corrected chi connectivity index (χ1v) is 6.07. The molecule has 0 bridgehead atoms. The van der Waals surface area contributed by atoms with Crippen LogP contribution in [-0.2, 0) is 4.79 Å². The van der Waals surface area contributed by atoms with Gasteiger partial charge in [0.2, 0.25) is 0 Å². The second-order valence-corrected chi connectivity index (χ2v) is 4.34. The Kier molecular flexibility index (Phi) is 3.90. The van der Waals surface area contributed by atoms with E-state index in [0.29, 0.717) is 23.5 Å². The highest BCUT2D eigenvalue weighted by Crippen LogP contribution is 2.29. The lowest BCUT2D eigenvalue weighted by atomic mass is 10.1. The molecular formula is C15H17NO3. The fourth-order valence-corrected chi connectivity index (χ4v) is 2.11. The number of carbonyl (C=O) groups excluding carboxylic acids is 1. The summed E-state index contributed by atoms with van der Waals surface area (Å²) in [4.78, 5) is 12.0. The molecule has 2 rings (SSSR count). The summed E-state index contributed by atoms with van der Waals surface area (Å²) in [6.07, 6.45) is 4.70. The van der Waals surface area contributed by atoms with E-state index in [1.807, 2.05) is 18.2 Å². The molecule has 0 amide bonds. The number of nitrogens with two attached hydrogens (primary N) is 1. The monoisotopic (exact) mass is 259 g/mol. The van der Waals surface area contributed by atoms with Crippen LogP contribution in [-0.4, -0.2) is 20.0 Å². The van der Waals surface area contributed by atoms with Crippen molar-refractivity contribution in [3.63, 3.8) is 0 Å². The van der Waals surface area contributed by atoms with Crippen LogP contribution in [0.1, 0.15) is 18.4 Å². The van der Waals surface area contributed by atoms with E-state index in [1.54, 1.807) is 20.3 Å². The van der Waals surface area contributed by atoms with Gasteiger partial charge in [0.1, 0.15) is 11.5 Å². The van der Waals surface area contributed by atoms with E-state index in [2.05, 4.69) is 0 Å². The van der Waals surface area contributed by atoms with Gasteiger partial charge in [-0.15, -0.1) is 0 Å². The minimum absolute atomic E-state index is 0.0317. The van der Waals surface area contributed by atoms with E-state index in [9.17, 15) is 4.79 Å². The predicted molar refractivity (Wildman–Crippen MR) is 74.0 cm³/mol. The Hall–Kier alpha value is -2.23. The first-order valence-electron chi connectivity index (χ1n) is 6.07. The normalized spacial score (nSPS) is 19.2. The van der Waals surface area contributed by atoms with Gasteiger partial charge < -0.3 is 15.2 Å². The number of methoxy groups -OCH3 is 2. The molecule has 1 saturated carbocycles. The molecule has 4 nitrogen and oxygen atoms in total. The van der Waals surface area contributed by atoms with Gasteiger partial charge in [0, 0.05) is 23.4 Å². The van der Waals surface area contributed by atoms with E-state index >= 15 is 0 Å². The third-order valence-electron chi connectivity index (χ3n) is 3.16. The minimum Gasteiger partial charge on any atom is -0.497 e. The Balaban J connectivity index is 2.35. The van der Waals surface area contributed by atoms with E-state index in [1.165, 1.54) is 6.20 Å².